The zero-order chi connectivity index (χ0) is 10.1. The van der Waals surface area contributed by atoms with Gasteiger partial charge >= 0.3 is 0 Å². The van der Waals surface area contributed by atoms with Crippen LogP contribution in [-0.4, -0.2) is 9.78 Å². The van der Waals surface area contributed by atoms with Gasteiger partial charge in [0.2, 0.25) is 0 Å². The molecule has 0 unspecified atom stereocenters. The Hall–Kier alpha value is -1.55. The molecule has 0 spiro atoms. The van der Waals surface area contributed by atoms with E-state index in [1.165, 1.54) is 12.1 Å². The van der Waals surface area contributed by atoms with Crippen LogP contribution in [-0.2, 0) is 7.05 Å². The number of nitrogen functional groups attached to an aromatic ring is 1. The SMILES string of the molecule is Cl.Cn1cc(N)c(-c2ccc(F)cc2)n1. The molecule has 2 N–H and O–H groups in total. The Balaban J connectivity index is 0.00000112. The van der Waals surface area contributed by atoms with E-state index in [1.54, 1.807) is 30.1 Å². The van der Waals surface area contributed by atoms with E-state index < -0.39 is 0 Å². The van der Waals surface area contributed by atoms with Gasteiger partial charge in [0.25, 0.3) is 0 Å². The first-order valence-electron chi connectivity index (χ1n) is 4.22. The minimum atomic E-state index is -0.261. The Kier molecular flexibility index (Phi) is 3.31. The van der Waals surface area contributed by atoms with E-state index in [9.17, 15) is 4.39 Å². The van der Waals surface area contributed by atoms with Crippen molar-refractivity contribution in [3.8, 4) is 11.3 Å². The third kappa shape index (κ3) is 2.27. The highest BCUT2D eigenvalue weighted by atomic mass is 35.5. The fourth-order valence-electron chi connectivity index (χ4n) is 1.34. The summed E-state index contributed by atoms with van der Waals surface area (Å²) >= 11 is 0. The zero-order valence-corrected chi connectivity index (χ0v) is 8.96. The second-order valence-corrected chi connectivity index (χ2v) is 3.11. The van der Waals surface area contributed by atoms with Crippen molar-refractivity contribution in [2.24, 2.45) is 7.05 Å². The number of hydrogen-bond donors (Lipinski definition) is 1. The monoisotopic (exact) mass is 227 g/mol. The quantitative estimate of drug-likeness (QED) is 0.812. The molecule has 0 aliphatic carbocycles. The molecular formula is C10H11ClFN3. The molecule has 0 aliphatic rings. The predicted molar refractivity (Wildman–Crippen MR) is 60.3 cm³/mol. The molecule has 1 aromatic carbocycles. The highest BCUT2D eigenvalue weighted by Gasteiger charge is 2.06. The number of anilines is 1. The molecule has 0 radical (unpaired) electrons. The largest absolute Gasteiger partial charge is 0.396 e. The minimum Gasteiger partial charge on any atom is -0.396 e. The molecule has 0 bridgehead atoms. The third-order valence-corrected chi connectivity index (χ3v) is 1.97. The van der Waals surface area contributed by atoms with Crippen molar-refractivity contribution in [3.63, 3.8) is 0 Å². The van der Waals surface area contributed by atoms with E-state index in [4.69, 9.17) is 5.73 Å². The summed E-state index contributed by atoms with van der Waals surface area (Å²) in [5.41, 5.74) is 7.84. The van der Waals surface area contributed by atoms with Crippen LogP contribution in [0.2, 0.25) is 0 Å². The number of rotatable bonds is 1. The second kappa shape index (κ2) is 4.31. The van der Waals surface area contributed by atoms with Gasteiger partial charge in [0.1, 0.15) is 11.5 Å². The van der Waals surface area contributed by atoms with Crippen molar-refractivity contribution in [1.29, 1.82) is 0 Å². The summed E-state index contributed by atoms with van der Waals surface area (Å²) in [7, 11) is 1.80. The average Bonchev–Trinajstić information content (AvgIpc) is 2.47. The van der Waals surface area contributed by atoms with Crippen LogP contribution in [0.15, 0.2) is 30.5 Å². The first-order chi connectivity index (χ1) is 6.66. The van der Waals surface area contributed by atoms with Crippen LogP contribution in [0.4, 0.5) is 10.1 Å². The number of nitrogens with zero attached hydrogens (tertiary/aromatic N) is 2. The molecule has 2 aromatic rings. The van der Waals surface area contributed by atoms with Gasteiger partial charge in [-0.15, -0.1) is 12.4 Å². The van der Waals surface area contributed by atoms with E-state index >= 15 is 0 Å². The van der Waals surface area contributed by atoms with Gasteiger partial charge in [-0.05, 0) is 24.3 Å². The van der Waals surface area contributed by atoms with Crippen LogP contribution < -0.4 is 5.73 Å². The minimum absolute atomic E-state index is 0. The zero-order valence-electron chi connectivity index (χ0n) is 8.14. The normalized spacial score (nSPS) is 9.73. The van der Waals surface area contributed by atoms with E-state index in [1.807, 2.05) is 0 Å². The Morgan fingerprint density at radius 2 is 1.87 bits per heavy atom. The molecule has 0 saturated carbocycles. The molecule has 80 valence electrons. The molecule has 0 amide bonds. The third-order valence-electron chi connectivity index (χ3n) is 1.97. The van der Waals surface area contributed by atoms with Gasteiger partial charge in [-0.3, -0.25) is 4.68 Å². The lowest BCUT2D eigenvalue weighted by molar-refractivity contribution is 0.628. The van der Waals surface area contributed by atoms with E-state index in [2.05, 4.69) is 5.10 Å². The van der Waals surface area contributed by atoms with Gasteiger partial charge in [0.05, 0.1) is 5.69 Å². The van der Waals surface area contributed by atoms with Crippen LogP contribution in [0.5, 0.6) is 0 Å². The summed E-state index contributed by atoms with van der Waals surface area (Å²) in [5.74, 6) is -0.261. The smallest absolute Gasteiger partial charge is 0.123 e. The molecule has 1 heterocycles. The van der Waals surface area contributed by atoms with Gasteiger partial charge < -0.3 is 5.73 Å². The van der Waals surface area contributed by atoms with Gasteiger partial charge in [-0.25, -0.2) is 4.39 Å². The molecule has 0 aliphatic heterocycles. The molecule has 15 heavy (non-hydrogen) atoms. The average molecular weight is 228 g/mol. The highest BCUT2D eigenvalue weighted by molar-refractivity contribution is 5.85. The molecule has 0 atom stereocenters. The summed E-state index contributed by atoms with van der Waals surface area (Å²) in [6, 6.07) is 6.11. The van der Waals surface area contributed by atoms with Gasteiger partial charge in [0.15, 0.2) is 0 Å². The fraction of sp³-hybridized carbons (Fsp3) is 0.100. The number of benzene rings is 1. The fourth-order valence-corrected chi connectivity index (χ4v) is 1.34. The summed E-state index contributed by atoms with van der Waals surface area (Å²) in [5, 5.41) is 4.18. The van der Waals surface area contributed by atoms with Gasteiger partial charge in [0, 0.05) is 18.8 Å². The second-order valence-electron chi connectivity index (χ2n) is 3.11. The molecular weight excluding hydrogens is 217 g/mol. The number of nitrogens with two attached hydrogens (primary N) is 1. The Bertz CT molecular complexity index is 450. The Labute approximate surface area is 93.1 Å². The van der Waals surface area contributed by atoms with Crippen molar-refractivity contribution < 1.29 is 4.39 Å². The lowest BCUT2D eigenvalue weighted by Crippen LogP contribution is -1.88. The molecule has 0 fully saturated rings. The molecule has 5 heteroatoms. The van der Waals surface area contributed by atoms with E-state index in [-0.39, 0.29) is 18.2 Å². The molecule has 3 nitrogen and oxygen atoms in total. The molecule has 0 saturated heterocycles. The number of aromatic nitrogens is 2. The molecule has 2 rings (SSSR count). The lowest BCUT2D eigenvalue weighted by Gasteiger charge is -1.97. The first-order valence-corrected chi connectivity index (χ1v) is 4.22. The van der Waals surface area contributed by atoms with Crippen LogP contribution in [0.25, 0.3) is 11.3 Å². The standard InChI is InChI=1S/C10H10FN3.ClH/c1-14-6-9(12)10(13-14)7-2-4-8(11)5-3-7;/h2-6H,12H2,1H3;1H. The topological polar surface area (TPSA) is 43.8 Å². The van der Waals surface area contributed by atoms with Crippen molar-refractivity contribution in [2.45, 2.75) is 0 Å². The van der Waals surface area contributed by atoms with Crippen LogP contribution in [0.3, 0.4) is 0 Å². The van der Waals surface area contributed by atoms with E-state index in [0.717, 1.165) is 5.56 Å². The van der Waals surface area contributed by atoms with Crippen LogP contribution in [0.1, 0.15) is 0 Å². The summed E-state index contributed by atoms with van der Waals surface area (Å²) in [4.78, 5) is 0. The van der Waals surface area contributed by atoms with Crippen molar-refractivity contribution in [1.82, 2.24) is 9.78 Å². The summed E-state index contributed by atoms with van der Waals surface area (Å²) < 4.78 is 14.3. The van der Waals surface area contributed by atoms with Crippen molar-refractivity contribution >= 4 is 18.1 Å². The summed E-state index contributed by atoms with van der Waals surface area (Å²) in [6.07, 6.45) is 1.72. The first kappa shape index (κ1) is 11.5. The maximum Gasteiger partial charge on any atom is 0.123 e. The molecule has 1 aromatic heterocycles. The van der Waals surface area contributed by atoms with Gasteiger partial charge in [-0.1, -0.05) is 0 Å². The maximum absolute atomic E-state index is 12.7. The lowest BCUT2D eigenvalue weighted by atomic mass is 10.1. The Morgan fingerprint density at radius 1 is 1.27 bits per heavy atom. The van der Waals surface area contributed by atoms with E-state index in [0.29, 0.717) is 11.4 Å². The van der Waals surface area contributed by atoms with Crippen LogP contribution >= 0.6 is 12.4 Å². The number of halogens is 2. The van der Waals surface area contributed by atoms with Gasteiger partial charge in [-0.2, -0.15) is 5.10 Å². The highest BCUT2D eigenvalue weighted by Crippen LogP contribution is 2.23. The van der Waals surface area contributed by atoms with Crippen molar-refractivity contribution in [2.75, 3.05) is 5.73 Å². The number of hydrogen-bond acceptors (Lipinski definition) is 2. The van der Waals surface area contributed by atoms with Crippen LogP contribution in [0, 0.1) is 5.82 Å². The Morgan fingerprint density at radius 3 is 2.33 bits per heavy atom. The maximum atomic E-state index is 12.7. The number of aryl methyl sites for hydroxylation is 1. The predicted octanol–water partition coefficient (Wildman–Crippen LogP) is 2.23. The van der Waals surface area contributed by atoms with Crippen molar-refractivity contribution in [3.05, 3.63) is 36.3 Å². The summed E-state index contributed by atoms with van der Waals surface area (Å²) in [6.45, 7) is 0.